The Hall–Kier alpha value is -1.47. The van der Waals surface area contributed by atoms with Gasteiger partial charge in [-0.15, -0.1) is 17.8 Å². The Kier molecular flexibility index (Phi) is 5.34. The lowest BCUT2D eigenvalue weighted by atomic mass is 10.5. The van der Waals surface area contributed by atoms with Crippen LogP contribution in [0.15, 0.2) is 22.5 Å². The second-order valence-electron chi connectivity index (χ2n) is 2.83. The molecule has 0 fully saturated rings. The molecule has 1 aromatic rings. The van der Waals surface area contributed by atoms with Crippen LogP contribution in [0.25, 0.3) is 0 Å². The molecule has 0 amide bonds. The zero-order valence-electron chi connectivity index (χ0n) is 8.79. The first kappa shape index (κ1) is 11.6. The van der Waals surface area contributed by atoms with Crippen LogP contribution < -0.4 is 10.6 Å². The fraction of sp³-hybridized carbons (Fsp3) is 0.364. The number of nitrogens with zero attached hydrogens (tertiary/aromatic N) is 1. The topological polar surface area (TPSA) is 36.4 Å². The number of nitrogens with one attached hydrogen (secondary N) is 2. The van der Waals surface area contributed by atoms with Crippen LogP contribution >= 0.6 is 11.3 Å². The summed E-state index contributed by atoms with van der Waals surface area (Å²) in [5.74, 6) is 3.29. The van der Waals surface area contributed by atoms with Gasteiger partial charge in [0.05, 0.1) is 13.1 Å². The predicted molar refractivity (Wildman–Crippen MR) is 66.0 cm³/mol. The van der Waals surface area contributed by atoms with E-state index in [1.165, 1.54) is 4.88 Å². The molecular formula is C11H15N3S. The maximum atomic E-state index is 5.17. The van der Waals surface area contributed by atoms with E-state index in [-0.39, 0.29) is 0 Å². The summed E-state index contributed by atoms with van der Waals surface area (Å²) in [6.45, 7) is 4.05. The van der Waals surface area contributed by atoms with Crippen molar-refractivity contribution in [1.29, 1.82) is 0 Å². The fourth-order valence-electron chi connectivity index (χ4n) is 1.04. The summed E-state index contributed by atoms with van der Waals surface area (Å²) in [5.41, 5.74) is 0. The molecular weight excluding hydrogens is 206 g/mol. The summed E-state index contributed by atoms with van der Waals surface area (Å²) < 4.78 is 0. The number of hydrogen-bond donors (Lipinski definition) is 2. The molecule has 1 rings (SSSR count). The van der Waals surface area contributed by atoms with Crippen LogP contribution in [0.1, 0.15) is 11.8 Å². The summed E-state index contributed by atoms with van der Waals surface area (Å²) >= 11 is 1.70. The van der Waals surface area contributed by atoms with E-state index in [2.05, 4.69) is 27.6 Å². The van der Waals surface area contributed by atoms with Gasteiger partial charge in [0, 0.05) is 11.4 Å². The van der Waals surface area contributed by atoms with E-state index in [1.807, 2.05) is 18.4 Å². The Bertz CT molecular complexity index is 335. The monoisotopic (exact) mass is 221 g/mol. The Balaban J connectivity index is 2.47. The van der Waals surface area contributed by atoms with Crippen LogP contribution in [0.5, 0.6) is 0 Å². The molecule has 0 spiro atoms. The van der Waals surface area contributed by atoms with E-state index < -0.39 is 0 Å². The molecule has 0 aliphatic rings. The molecule has 0 unspecified atom stereocenters. The van der Waals surface area contributed by atoms with Crippen molar-refractivity contribution >= 4 is 17.3 Å². The van der Waals surface area contributed by atoms with Gasteiger partial charge in [-0.2, -0.15) is 0 Å². The van der Waals surface area contributed by atoms with E-state index >= 15 is 0 Å². The highest BCUT2D eigenvalue weighted by atomic mass is 32.1. The van der Waals surface area contributed by atoms with Gasteiger partial charge < -0.3 is 10.6 Å². The maximum Gasteiger partial charge on any atom is 0.192 e. The van der Waals surface area contributed by atoms with Crippen LogP contribution in [-0.4, -0.2) is 19.0 Å². The zero-order chi connectivity index (χ0) is 10.9. The maximum absolute atomic E-state index is 5.17. The van der Waals surface area contributed by atoms with Crippen molar-refractivity contribution in [3.05, 3.63) is 22.4 Å². The molecule has 0 atom stereocenters. The van der Waals surface area contributed by atoms with Gasteiger partial charge in [-0.3, -0.25) is 0 Å². The first-order valence-corrected chi connectivity index (χ1v) is 5.72. The van der Waals surface area contributed by atoms with Crippen LogP contribution in [-0.2, 0) is 6.54 Å². The van der Waals surface area contributed by atoms with Gasteiger partial charge in [-0.1, -0.05) is 12.0 Å². The molecule has 1 heterocycles. The Morgan fingerprint density at radius 2 is 2.47 bits per heavy atom. The number of aliphatic imine (C=N–C) groups is 1. The van der Waals surface area contributed by atoms with Gasteiger partial charge in [0.1, 0.15) is 0 Å². The smallest absolute Gasteiger partial charge is 0.192 e. The molecule has 0 saturated carbocycles. The minimum atomic E-state index is 0.496. The van der Waals surface area contributed by atoms with Gasteiger partial charge in [0.15, 0.2) is 5.96 Å². The van der Waals surface area contributed by atoms with Crippen molar-refractivity contribution in [2.45, 2.75) is 13.5 Å². The first-order chi connectivity index (χ1) is 7.36. The van der Waals surface area contributed by atoms with Crippen LogP contribution in [0, 0.1) is 12.3 Å². The molecule has 0 aromatic carbocycles. The normalized spacial score (nSPS) is 10.8. The number of hydrogen-bond acceptors (Lipinski definition) is 2. The van der Waals surface area contributed by atoms with Crippen molar-refractivity contribution in [1.82, 2.24) is 10.6 Å². The van der Waals surface area contributed by atoms with Crippen molar-refractivity contribution in [3.8, 4) is 12.3 Å². The second kappa shape index (κ2) is 6.91. The Morgan fingerprint density at radius 3 is 3.07 bits per heavy atom. The van der Waals surface area contributed by atoms with E-state index in [0.29, 0.717) is 13.1 Å². The second-order valence-corrected chi connectivity index (χ2v) is 3.86. The molecule has 3 nitrogen and oxygen atoms in total. The van der Waals surface area contributed by atoms with E-state index in [9.17, 15) is 0 Å². The lowest BCUT2D eigenvalue weighted by Gasteiger charge is -2.07. The minimum Gasteiger partial charge on any atom is -0.357 e. The minimum absolute atomic E-state index is 0.496. The number of terminal acetylenes is 1. The highest BCUT2D eigenvalue weighted by Crippen LogP contribution is 2.08. The first-order valence-electron chi connectivity index (χ1n) is 4.84. The van der Waals surface area contributed by atoms with Gasteiger partial charge in [0.2, 0.25) is 0 Å². The predicted octanol–water partition coefficient (Wildman–Crippen LogP) is 1.44. The highest BCUT2D eigenvalue weighted by molar-refractivity contribution is 7.09. The van der Waals surface area contributed by atoms with E-state index in [1.54, 1.807) is 11.3 Å². The molecule has 0 saturated heterocycles. The average Bonchev–Trinajstić information content (AvgIpc) is 2.75. The molecule has 2 N–H and O–H groups in total. The molecule has 4 heteroatoms. The highest BCUT2D eigenvalue weighted by Gasteiger charge is 1.95. The summed E-state index contributed by atoms with van der Waals surface area (Å²) in [6.07, 6.45) is 5.17. The van der Waals surface area contributed by atoms with Crippen molar-refractivity contribution in [3.63, 3.8) is 0 Å². The van der Waals surface area contributed by atoms with Crippen LogP contribution in [0.3, 0.4) is 0 Å². The van der Waals surface area contributed by atoms with Crippen molar-refractivity contribution in [2.24, 2.45) is 4.99 Å². The largest absolute Gasteiger partial charge is 0.357 e. The van der Waals surface area contributed by atoms with Gasteiger partial charge in [0.25, 0.3) is 0 Å². The lowest BCUT2D eigenvalue weighted by molar-refractivity contribution is 0.868. The van der Waals surface area contributed by atoms with Gasteiger partial charge in [-0.05, 0) is 18.4 Å². The summed E-state index contributed by atoms with van der Waals surface area (Å²) in [5, 5.41) is 8.22. The third kappa shape index (κ3) is 4.52. The number of thiophene rings is 1. The third-order valence-corrected chi connectivity index (χ3v) is 2.54. The van der Waals surface area contributed by atoms with Crippen molar-refractivity contribution < 1.29 is 0 Å². The number of rotatable bonds is 4. The molecule has 15 heavy (non-hydrogen) atoms. The summed E-state index contributed by atoms with van der Waals surface area (Å²) in [4.78, 5) is 5.65. The standard InChI is InChI=1S/C11H15N3S/c1-3-7-13-11(12-4-2)14-9-10-6-5-8-15-10/h1,5-6,8H,4,7,9H2,2H3,(H2,12,13,14). The van der Waals surface area contributed by atoms with Gasteiger partial charge in [-0.25, -0.2) is 4.99 Å². The lowest BCUT2D eigenvalue weighted by Crippen LogP contribution is -2.37. The zero-order valence-corrected chi connectivity index (χ0v) is 9.60. The molecule has 0 aliphatic heterocycles. The molecule has 80 valence electrons. The summed E-state index contributed by atoms with van der Waals surface area (Å²) in [6, 6.07) is 4.09. The van der Waals surface area contributed by atoms with E-state index in [0.717, 1.165) is 12.5 Å². The molecule has 0 bridgehead atoms. The average molecular weight is 221 g/mol. The summed E-state index contributed by atoms with van der Waals surface area (Å²) in [7, 11) is 0. The number of guanidine groups is 1. The molecule has 1 aromatic heterocycles. The van der Waals surface area contributed by atoms with Crippen LogP contribution in [0.2, 0.25) is 0 Å². The molecule has 0 radical (unpaired) electrons. The quantitative estimate of drug-likeness (QED) is 0.458. The SMILES string of the molecule is C#CCNC(=NCc1cccs1)NCC. The Labute approximate surface area is 94.6 Å². The molecule has 0 aliphatic carbocycles. The van der Waals surface area contributed by atoms with Crippen molar-refractivity contribution in [2.75, 3.05) is 13.1 Å². The fourth-order valence-corrected chi connectivity index (χ4v) is 1.66. The Morgan fingerprint density at radius 1 is 1.60 bits per heavy atom. The van der Waals surface area contributed by atoms with E-state index in [4.69, 9.17) is 6.42 Å². The van der Waals surface area contributed by atoms with Crippen LogP contribution in [0.4, 0.5) is 0 Å². The third-order valence-electron chi connectivity index (χ3n) is 1.68. The van der Waals surface area contributed by atoms with Gasteiger partial charge >= 0.3 is 0 Å².